The van der Waals surface area contributed by atoms with E-state index in [1.54, 1.807) is 24.3 Å². The number of hydrogen-bond donors (Lipinski definition) is 2. The number of aromatic nitrogens is 1. The van der Waals surface area contributed by atoms with Crippen LogP contribution in [0.15, 0.2) is 88.5 Å². The van der Waals surface area contributed by atoms with Crippen molar-refractivity contribution in [2.75, 3.05) is 14.2 Å². The molecule has 0 aliphatic heterocycles. The zero-order chi connectivity index (χ0) is 26.8. The average Bonchev–Trinajstić information content (AvgIpc) is 2.93. The second-order valence-electron chi connectivity index (χ2n) is 8.71. The summed E-state index contributed by atoms with van der Waals surface area (Å²) in [4.78, 5) is 27.8. The second-order valence-corrected chi connectivity index (χ2v) is 9.74. The SMILES string of the molecule is COc1cc(-c2cc(=O)c3c(=O)cc(-c4ccc(O)c(OC)c4)n(CCc4ccccc4)c3s2)ccc1O. The molecule has 0 saturated heterocycles. The molecule has 0 radical (unpaired) electrons. The molecule has 2 aromatic heterocycles. The number of aryl methyl sites for hydroxylation is 2. The Morgan fingerprint density at radius 2 is 1.37 bits per heavy atom. The molecule has 192 valence electrons. The van der Waals surface area contributed by atoms with E-state index in [1.807, 2.05) is 34.9 Å². The van der Waals surface area contributed by atoms with E-state index < -0.39 is 0 Å². The number of methoxy groups -OCH3 is 2. The van der Waals surface area contributed by atoms with Gasteiger partial charge in [0.25, 0.3) is 0 Å². The number of rotatable bonds is 7. The van der Waals surface area contributed by atoms with Gasteiger partial charge in [-0.1, -0.05) is 30.3 Å². The first-order valence-electron chi connectivity index (χ1n) is 11.9. The number of pyridine rings is 1. The van der Waals surface area contributed by atoms with Gasteiger partial charge in [0.15, 0.2) is 33.9 Å². The average molecular weight is 528 g/mol. The van der Waals surface area contributed by atoms with Gasteiger partial charge in [0.1, 0.15) is 10.2 Å². The second kappa shape index (κ2) is 10.4. The van der Waals surface area contributed by atoms with Crippen molar-refractivity contribution in [2.24, 2.45) is 0 Å². The van der Waals surface area contributed by atoms with Crippen LogP contribution in [0, 0.1) is 0 Å². The van der Waals surface area contributed by atoms with Crippen LogP contribution in [0.2, 0.25) is 0 Å². The van der Waals surface area contributed by atoms with Gasteiger partial charge in [0.2, 0.25) is 0 Å². The molecule has 38 heavy (non-hydrogen) atoms. The summed E-state index contributed by atoms with van der Waals surface area (Å²) in [5.41, 5.74) is 2.31. The van der Waals surface area contributed by atoms with E-state index in [0.29, 0.717) is 39.5 Å². The predicted octanol–water partition coefficient (Wildman–Crippen LogP) is 5.43. The van der Waals surface area contributed by atoms with Crippen LogP contribution in [-0.2, 0) is 13.0 Å². The molecule has 7 nitrogen and oxygen atoms in total. The smallest absolute Gasteiger partial charge is 0.194 e. The van der Waals surface area contributed by atoms with Crippen LogP contribution < -0.4 is 20.3 Å². The van der Waals surface area contributed by atoms with Crippen LogP contribution in [0.5, 0.6) is 23.0 Å². The fraction of sp³-hybridized carbons (Fsp3) is 0.133. The molecular formula is C30H25NO6S. The molecule has 5 aromatic rings. The standard InChI is InChI=1S/C30H25NO6S/c1-36-26-14-19(8-10-22(26)32)21-16-24(34)29-25(35)17-28(20-9-11-23(33)27(15-20)37-2)38-30(29)31(21)13-12-18-6-4-3-5-7-18/h3-11,14-17,32-33H,12-13H2,1-2H3. The number of ether oxygens (including phenoxy) is 2. The Morgan fingerprint density at radius 3 is 2.03 bits per heavy atom. The monoisotopic (exact) mass is 527 g/mol. The van der Waals surface area contributed by atoms with Gasteiger partial charge < -0.3 is 24.3 Å². The van der Waals surface area contributed by atoms with E-state index in [2.05, 4.69) is 0 Å². The molecule has 0 spiro atoms. The molecule has 0 aliphatic carbocycles. The predicted molar refractivity (Wildman–Crippen MR) is 150 cm³/mol. The minimum absolute atomic E-state index is 0.00674. The Labute approximate surface area is 222 Å². The van der Waals surface area contributed by atoms with Crippen molar-refractivity contribution >= 4 is 21.6 Å². The molecule has 0 bridgehead atoms. The summed E-state index contributed by atoms with van der Waals surface area (Å²) in [6.07, 6.45) is 0.666. The highest BCUT2D eigenvalue weighted by Crippen LogP contribution is 2.36. The fourth-order valence-corrected chi connectivity index (χ4v) is 5.66. The molecule has 0 amide bonds. The molecule has 5 rings (SSSR count). The van der Waals surface area contributed by atoms with Crippen molar-refractivity contribution in [3.8, 4) is 44.7 Å². The third-order valence-electron chi connectivity index (χ3n) is 6.39. The van der Waals surface area contributed by atoms with Crippen LogP contribution in [-0.4, -0.2) is 29.0 Å². The van der Waals surface area contributed by atoms with Crippen molar-refractivity contribution in [3.05, 3.63) is 105 Å². The molecule has 2 N–H and O–H groups in total. The first-order valence-corrected chi connectivity index (χ1v) is 12.7. The Hall–Kier alpha value is -4.56. The Morgan fingerprint density at radius 1 is 0.763 bits per heavy atom. The van der Waals surface area contributed by atoms with E-state index in [4.69, 9.17) is 9.47 Å². The molecule has 0 saturated carbocycles. The maximum absolute atomic E-state index is 13.3. The molecular weight excluding hydrogens is 502 g/mol. The Kier molecular flexibility index (Phi) is 6.89. The van der Waals surface area contributed by atoms with Crippen LogP contribution >= 0.6 is 11.3 Å². The lowest BCUT2D eigenvalue weighted by Gasteiger charge is -2.18. The summed E-state index contributed by atoms with van der Waals surface area (Å²) in [6.45, 7) is 0.498. The molecule has 8 heteroatoms. The lowest BCUT2D eigenvalue weighted by Crippen LogP contribution is -2.18. The maximum Gasteiger partial charge on any atom is 0.194 e. The zero-order valence-electron chi connectivity index (χ0n) is 20.8. The van der Waals surface area contributed by atoms with Crippen molar-refractivity contribution < 1.29 is 19.7 Å². The van der Waals surface area contributed by atoms with Crippen LogP contribution in [0.25, 0.3) is 31.9 Å². The highest BCUT2D eigenvalue weighted by Gasteiger charge is 2.18. The number of phenolic OH excluding ortho intramolecular Hbond substituents is 2. The van der Waals surface area contributed by atoms with E-state index in [9.17, 15) is 19.8 Å². The van der Waals surface area contributed by atoms with Gasteiger partial charge in [-0.15, -0.1) is 11.3 Å². The third kappa shape index (κ3) is 4.73. The third-order valence-corrected chi connectivity index (χ3v) is 7.58. The number of aromatic hydroxyl groups is 2. The summed E-state index contributed by atoms with van der Waals surface area (Å²) in [6, 6.07) is 22.7. The van der Waals surface area contributed by atoms with E-state index in [0.717, 1.165) is 5.56 Å². The summed E-state index contributed by atoms with van der Waals surface area (Å²) in [7, 11) is 2.92. The first kappa shape index (κ1) is 25.1. The fourth-order valence-electron chi connectivity index (χ4n) is 4.44. The Balaban J connectivity index is 1.77. The summed E-state index contributed by atoms with van der Waals surface area (Å²) < 4.78 is 12.5. The largest absolute Gasteiger partial charge is 0.504 e. The van der Waals surface area contributed by atoms with Crippen LogP contribution in [0.3, 0.4) is 0 Å². The van der Waals surface area contributed by atoms with Crippen LogP contribution in [0.1, 0.15) is 5.56 Å². The highest BCUT2D eigenvalue weighted by molar-refractivity contribution is 7.21. The van der Waals surface area contributed by atoms with Gasteiger partial charge >= 0.3 is 0 Å². The lowest BCUT2D eigenvalue weighted by molar-refractivity contribution is 0.373. The van der Waals surface area contributed by atoms with Crippen molar-refractivity contribution in [1.29, 1.82) is 0 Å². The van der Waals surface area contributed by atoms with Crippen molar-refractivity contribution in [3.63, 3.8) is 0 Å². The molecule has 0 aliphatic rings. The molecule has 0 unspecified atom stereocenters. The van der Waals surface area contributed by atoms with E-state index >= 15 is 0 Å². The summed E-state index contributed by atoms with van der Waals surface area (Å²) in [5.74, 6) is 0.549. The van der Waals surface area contributed by atoms with E-state index in [-0.39, 0.29) is 39.2 Å². The Bertz CT molecular complexity index is 1740. The van der Waals surface area contributed by atoms with Crippen molar-refractivity contribution in [1.82, 2.24) is 4.57 Å². The quantitative estimate of drug-likeness (QED) is 0.293. The topological polar surface area (TPSA) is 98.0 Å². The van der Waals surface area contributed by atoms with E-state index in [1.165, 1.54) is 49.8 Å². The zero-order valence-corrected chi connectivity index (χ0v) is 21.6. The molecule has 0 fully saturated rings. The normalized spacial score (nSPS) is 11.0. The van der Waals surface area contributed by atoms with Crippen molar-refractivity contribution in [2.45, 2.75) is 13.0 Å². The number of fused-ring (bicyclic) bond motifs is 1. The number of benzene rings is 3. The summed E-state index contributed by atoms with van der Waals surface area (Å²) in [5, 5.41) is 20.3. The molecule has 2 heterocycles. The maximum atomic E-state index is 13.3. The highest BCUT2D eigenvalue weighted by atomic mass is 32.1. The van der Waals surface area contributed by atoms with Gasteiger partial charge in [-0.2, -0.15) is 0 Å². The van der Waals surface area contributed by atoms with Gasteiger partial charge in [0, 0.05) is 29.1 Å². The van der Waals surface area contributed by atoms with Gasteiger partial charge in [-0.25, -0.2) is 0 Å². The number of phenols is 2. The summed E-state index contributed by atoms with van der Waals surface area (Å²) >= 11 is 1.32. The van der Waals surface area contributed by atoms with Gasteiger partial charge in [0.05, 0.1) is 19.9 Å². The van der Waals surface area contributed by atoms with Gasteiger partial charge in [-0.05, 0) is 53.9 Å². The van der Waals surface area contributed by atoms with Crippen LogP contribution in [0.4, 0.5) is 0 Å². The lowest BCUT2D eigenvalue weighted by atomic mass is 10.1. The molecule has 0 atom stereocenters. The molecule has 3 aromatic carbocycles. The minimum atomic E-state index is -0.380. The first-order chi connectivity index (χ1) is 18.4. The number of nitrogens with zero attached hydrogens (tertiary/aromatic N) is 1. The number of hydrogen-bond acceptors (Lipinski definition) is 7. The van der Waals surface area contributed by atoms with Gasteiger partial charge in [-0.3, -0.25) is 9.59 Å². The minimum Gasteiger partial charge on any atom is -0.504 e.